The molecule has 0 aromatic rings. The highest BCUT2D eigenvalue weighted by molar-refractivity contribution is 5.73. The number of aldehydes is 1. The van der Waals surface area contributed by atoms with Crippen molar-refractivity contribution in [3.63, 3.8) is 0 Å². The zero-order valence-corrected chi connectivity index (χ0v) is 8.90. The van der Waals surface area contributed by atoms with Crippen LogP contribution in [0.1, 0.15) is 33.6 Å². The molecule has 82 valence electrons. The quantitative estimate of drug-likeness (QED) is 0.513. The van der Waals surface area contributed by atoms with Crippen molar-refractivity contribution >= 4 is 12.3 Å². The molecule has 0 saturated carbocycles. The van der Waals surface area contributed by atoms with Crippen molar-refractivity contribution in [2.24, 2.45) is 5.92 Å². The maximum absolute atomic E-state index is 11.1. The second kappa shape index (κ2) is 6.54. The SMILES string of the molecule is CCC(C)[C@@H](C=O)OC(=O)C[C@@H](C)O. The third-order valence-electron chi connectivity index (χ3n) is 2.07. The summed E-state index contributed by atoms with van der Waals surface area (Å²) in [5.41, 5.74) is 0. The van der Waals surface area contributed by atoms with Gasteiger partial charge in [0.25, 0.3) is 0 Å². The van der Waals surface area contributed by atoms with Gasteiger partial charge in [-0.05, 0) is 19.3 Å². The molecule has 0 aliphatic rings. The lowest BCUT2D eigenvalue weighted by Crippen LogP contribution is -2.27. The molecule has 0 saturated heterocycles. The first-order valence-electron chi connectivity index (χ1n) is 4.84. The highest BCUT2D eigenvalue weighted by atomic mass is 16.5. The number of esters is 1. The zero-order valence-electron chi connectivity index (χ0n) is 8.90. The van der Waals surface area contributed by atoms with Gasteiger partial charge in [-0.15, -0.1) is 0 Å². The predicted octanol–water partition coefficient (Wildman–Crippen LogP) is 0.914. The van der Waals surface area contributed by atoms with E-state index in [0.717, 1.165) is 6.42 Å². The van der Waals surface area contributed by atoms with Gasteiger partial charge in [0.05, 0.1) is 12.5 Å². The van der Waals surface area contributed by atoms with Crippen molar-refractivity contribution in [1.82, 2.24) is 0 Å². The lowest BCUT2D eigenvalue weighted by molar-refractivity contribution is -0.156. The average molecular weight is 202 g/mol. The van der Waals surface area contributed by atoms with Gasteiger partial charge in [-0.2, -0.15) is 0 Å². The fourth-order valence-electron chi connectivity index (χ4n) is 0.951. The van der Waals surface area contributed by atoms with Crippen LogP contribution >= 0.6 is 0 Å². The van der Waals surface area contributed by atoms with Crippen LogP contribution in [0.15, 0.2) is 0 Å². The molecule has 0 spiro atoms. The molecule has 0 fully saturated rings. The first kappa shape index (κ1) is 13.1. The zero-order chi connectivity index (χ0) is 11.1. The summed E-state index contributed by atoms with van der Waals surface area (Å²) in [6, 6.07) is 0. The molecule has 14 heavy (non-hydrogen) atoms. The van der Waals surface area contributed by atoms with E-state index in [4.69, 9.17) is 9.84 Å². The number of ether oxygens (including phenoxy) is 1. The van der Waals surface area contributed by atoms with E-state index in [1.165, 1.54) is 6.92 Å². The van der Waals surface area contributed by atoms with Gasteiger partial charge in [-0.3, -0.25) is 9.59 Å². The molecule has 1 N–H and O–H groups in total. The number of rotatable bonds is 6. The Morgan fingerprint density at radius 2 is 2.07 bits per heavy atom. The molecule has 0 aromatic heterocycles. The largest absolute Gasteiger partial charge is 0.454 e. The van der Waals surface area contributed by atoms with E-state index >= 15 is 0 Å². The number of hydrogen-bond acceptors (Lipinski definition) is 4. The van der Waals surface area contributed by atoms with Gasteiger partial charge in [0.2, 0.25) is 0 Å². The van der Waals surface area contributed by atoms with Gasteiger partial charge in [0.1, 0.15) is 0 Å². The molecular formula is C10H18O4. The van der Waals surface area contributed by atoms with Gasteiger partial charge < -0.3 is 9.84 Å². The van der Waals surface area contributed by atoms with Gasteiger partial charge in [-0.1, -0.05) is 13.8 Å². The smallest absolute Gasteiger partial charge is 0.309 e. The second-order valence-electron chi connectivity index (χ2n) is 3.53. The molecular weight excluding hydrogens is 184 g/mol. The van der Waals surface area contributed by atoms with Gasteiger partial charge in [-0.25, -0.2) is 0 Å². The van der Waals surface area contributed by atoms with Crippen LogP contribution in [-0.2, 0) is 14.3 Å². The standard InChI is InChI=1S/C10H18O4/c1-4-7(2)9(6-11)14-10(13)5-8(3)12/h6-9,12H,4-5H2,1-3H3/t7?,8-,9-/m1/s1. The number of carbonyl (C=O) groups is 2. The van der Waals surface area contributed by atoms with Crippen LogP contribution in [0, 0.1) is 5.92 Å². The van der Waals surface area contributed by atoms with E-state index in [9.17, 15) is 9.59 Å². The molecule has 0 heterocycles. The van der Waals surface area contributed by atoms with Gasteiger partial charge in [0.15, 0.2) is 12.4 Å². The topological polar surface area (TPSA) is 63.6 Å². The lowest BCUT2D eigenvalue weighted by Gasteiger charge is -2.17. The van der Waals surface area contributed by atoms with E-state index in [0.29, 0.717) is 6.29 Å². The van der Waals surface area contributed by atoms with Crippen LogP contribution in [0.5, 0.6) is 0 Å². The first-order chi connectivity index (χ1) is 6.51. The Bertz CT molecular complexity index is 189. The summed E-state index contributed by atoms with van der Waals surface area (Å²) in [7, 11) is 0. The number of aliphatic hydroxyl groups is 1. The Balaban J connectivity index is 4.05. The Morgan fingerprint density at radius 1 is 1.50 bits per heavy atom. The van der Waals surface area contributed by atoms with Gasteiger partial charge in [0, 0.05) is 0 Å². The van der Waals surface area contributed by atoms with Crippen molar-refractivity contribution in [3.05, 3.63) is 0 Å². The van der Waals surface area contributed by atoms with Crippen LogP contribution in [0.3, 0.4) is 0 Å². The normalized spacial score (nSPS) is 16.9. The fraction of sp³-hybridized carbons (Fsp3) is 0.800. The van der Waals surface area contributed by atoms with Crippen LogP contribution in [0.4, 0.5) is 0 Å². The molecule has 1 unspecified atom stereocenters. The minimum Gasteiger partial charge on any atom is -0.454 e. The van der Waals surface area contributed by atoms with E-state index in [1.54, 1.807) is 0 Å². The Labute approximate surface area is 84.3 Å². The first-order valence-corrected chi connectivity index (χ1v) is 4.84. The summed E-state index contributed by atoms with van der Waals surface area (Å²) in [6.07, 6.45) is -0.0850. The lowest BCUT2D eigenvalue weighted by atomic mass is 10.0. The third kappa shape index (κ3) is 4.97. The number of carbonyl (C=O) groups excluding carboxylic acids is 2. The fourth-order valence-corrected chi connectivity index (χ4v) is 0.951. The summed E-state index contributed by atoms with van der Waals surface area (Å²) >= 11 is 0. The maximum atomic E-state index is 11.1. The Morgan fingerprint density at radius 3 is 2.43 bits per heavy atom. The minimum atomic E-state index is -0.730. The molecule has 0 amide bonds. The minimum absolute atomic E-state index is 0.0189. The Kier molecular flexibility index (Phi) is 6.12. The molecule has 0 radical (unpaired) electrons. The molecule has 4 heteroatoms. The summed E-state index contributed by atoms with van der Waals surface area (Å²) in [5.74, 6) is -0.511. The second-order valence-corrected chi connectivity index (χ2v) is 3.53. The summed E-state index contributed by atoms with van der Waals surface area (Å²) in [5, 5.41) is 8.92. The van der Waals surface area contributed by atoms with Crippen LogP contribution in [-0.4, -0.2) is 29.6 Å². The molecule has 0 aliphatic heterocycles. The monoisotopic (exact) mass is 202 g/mol. The van der Waals surface area contributed by atoms with Crippen molar-refractivity contribution in [2.75, 3.05) is 0 Å². The average Bonchev–Trinajstić information content (AvgIpc) is 2.11. The third-order valence-corrected chi connectivity index (χ3v) is 2.07. The maximum Gasteiger partial charge on any atom is 0.309 e. The molecule has 0 bridgehead atoms. The number of aliphatic hydroxyl groups excluding tert-OH is 1. The Hall–Kier alpha value is -0.900. The molecule has 4 nitrogen and oxygen atoms in total. The molecule has 0 aliphatic carbocycles. The summed E-state index contributed by atoms with van der Waals surface area (Å²) in [4.78, 5) is 21.7. The predicted molar refractivity (Wildman–Crippen MR) is 51.7 cm³/mol. The summed E-state index contributed by atoms with van der Waals surface area (Å²) in [6.45, 7) is 5.26. The van der Waals surface area contributed by atoms with Crippen LogP contribution < -0.4 is 0 Å². The van der Waals surface area contributed by atoms with E-state index in [-0.39, 0.29) is 12.3 Å². The van der Waals surface area contributed by atoms with Crippen LogP contribution in [0.2, 0.25) is 0 Å². The van der Waals surface area contributed by atoms with E-state index in [1.807, 2.05) is 13.8 Å². The van der Waals surface area contributed by atoms with Crippen LogP contribution in [0.25, 0.3) is 0 Å². The highest BCUT2D eigenvalue weighted by Crippen LogP contribution is 2.10. The molecule has 0 rings (SSSR count). The van der Waals surface area contributed by atoms with Crippen molar-refractivity contribution < 1.29 is 19.4 Å². The van der Waals surface area contributed by atoms with E-state index in [2.05, 4.69) is 0 Å². The van der Waals surface area contributed by atoms with E-state index < -0.39 is 18.2 Å². The summed E-state index contributed by atoms with van der Waals surface area (Å²) < 4.78 is 4.90. The number of hydrogen-bond donors (Lipinski definition) is 1. The highest BCUT2D eigenvalue weighted by Gasteiger charge is 2.20. The van der Waals surface area contributed by atoms with Gasteiger partial charge >= 0.3 is 5.97 Å². The van der Waals surface area contributed by atoms with Crippen molar-refractivity contribution in [1.29, 1.82) is 0 Å². The molecule has 0 aromatic carbocycles. The van der Waals surface area contributed by atoms with Crippen molar-refractivity contribution in [3.8, 4) is 0 Å². The molecule has 3 atom stereocenters. The van der Waals surface area contributed by atoms with Crippen molar-refractivity contribution in [2.45, 2.75) is 45.8 Å².